The molecule has 26 heavy (non-hydrogen) atoms. The Morgan fingerprint density at radius 2 is 1.77 bits per heavy atom. The van der Waals surface area contributed by atoms with Gasteiger partial charge >= 0.3 is 0 Å². The minimum Gasteiger partial charge on any atom is -0.370 e. The van der Waals surface area contributed by atoms with E-state index < -0.39 is 0 Å². The van der Waals surface area contributed by atoms with Gasteiger partial charge in [-0.2, -0.15) is 0 Å². The van der Waals surface area contributed by atoms with Crippen LogP contribution in [0, 0.1) is 0 Å². The molecule has 0 spiro atoms. The first-order chi connectivity index (χ1) is 12.1. The Labute approximate surface area is 175 Å². The second kappa shape index (κ2) is 13.1. The van der Waals surface area contributed by atoms with Crippen molar-refractivity contribution in [2.45, 2.75) is 26.3 Å². The second-order valence-corrected chi connectivity index (χ2v) is 6.90. The SMILES string of the molecule is C=C(C)CN=C(N)NCCCCN1CCN(Cc2ccccc2)CC1.I. The van der Waals surface area contributed by atoms with E-state index in [1.54, 1.807) is 0 Å². The molecule has 0 atom stereocenters. The van der Waals surface area contributed by atoms with E-state index in [1.807, 2.05) is 6.92 Å². The molecule has 1 saturated heterocycles. The number of hydrogen-bond acceptors (Lipinski definition) is 3. The Bertz CT molecular complexity index is 538. The third-order valence-corrected chi connectivity index (χ3v) is 4.44. The van der Waals surface area contributed by atoms with Crippen molar-refractivity contribution in [3.8, 4) is 0 Å². The molecule has 0 bridgehead atoms. The zero-order valence-corrected chi connectivity index (χ0v) is 18.3. The van der Waals surface area contributed by atoms with E-state index in [9.17, 15) is 0 Å². The Morgan fingerprint density at radius 3 is 2.42 bits per heavy atom. The first kappa shape index (κ1) is 22.9. The zero-order valence-electron chi connectivity index (χ0n) is 16.0. The summed E-state index contributed by atoms with van der Waals surface area (Å²) in [6.45, 7) is 14.2. The van der Waals surface area contributed by atoms with Gasteiger partial charge in [0.05, 0.1) is 6.54 Å². The van der Waals surface area contributed by atoms with Crippen molar-refractivity contribution in [3.63, 3.8) is 0 Å². The topological polar surface area (TPSA) is 56.9 Å². The van der Waals surface area contributed by atoms with Gasteiger partial charge in [-0.25, -0.2) is 4.99 Å². The van der Waals surface area contributed by atoms with Crippen molar-refractivity contribution in [1.82, 2.24) is 15.1 Å². The minimum atomic E-state index is 0. The van der Waals surface area contributed by atoms with Gasteiger partial charge in [0, 0.05) is 39.3 Å². The third-order valence-electron chi connectivity index (χ3n) is 4.44. The number of nitrogens with one attached hydrogen (secondary N) is 1. The van der Waals surface area contributed by atoms with Gasteiger partial charge in [-0.15, -0.1) is 24.0 Å². The highest BCUT2D eigenvalue weighted by atomic mass is 127. The average Bonchev–Trinajstić information content (AvgIpc) is 2.62. The fraction of sp³-hybridized carbons (Fsp3) is 0.550. The first-order valence-corrected chi connectivity index (χ1v) is 9.30. The molecule has 1 aliphatic heterocycles. The van der Waals surface area contributed by atoms with Crippen LogP contribution in [0.25, 0.3) is 0 Å². The summed E-state index contributed by atoms with van der Waals surface area (Å²) < 4.78 is 0. The van der Waals surface area contributed by atoms with Crippen LogP contribution in [0.3, 0.4) is 0 Å². The summed E-state index contributed by atoms with van der Waals surface area (Å²) in [5.74, 6) is 0.525. The quantitative estimate of drug-likeness (QED) is 0.191. The van der Waals surface area contributed by atoms with Crippen molar-refractivity contribution in [2.24, 2.45) is 10.7 Å². The fourth-order valence-electron chi connectivity index (χ4n) is 2.97. The smallest absolute Gasteiger partial charge is 0.188 e. The normalized spacial score (nSPS) is 16.1. The maximum absolute atomic E-state index is 5.81. The minimum absolute atomic E-state index is 0. The lowest BCUT2D eigenvalue weighted by Gasteiger charge is -2.34. The van der Waals surface area contributed by atoms with E-state index in [2.05, 4.69) is 57.0 Å². The van der Waals surface area contributed by atoms with Crippen LogP contribution < -0.4 is 11.1 Å². The molecular formula is C20H34IN5. The molecule has 0 amide bonds. The number of rotatable bonds is 9. The van der Waals surface area contributed by atoms with E-state index >= 15 is 0 Å². The molecule has 0 aliphatic carbocycles. The van der Waals surface area contributed by atoms with Gasteiger partial charge in [0.1, 0.15) is 0 Å². The van der Waals surface area contributed by atoms with Crippen molar-refractivity contribution < 1.29 is 0 Å². The summed E-state index contributed by atoms with van der Waals surface area (Å²) in [6, 6.07) is 10.7. The average molecular weight is 471 g/mol. The Morgan fingerprint density at radius 1 is 1.12 bits per heavy atom. The van der Waals surface area contributed by atoms with Crippen LogP contribution in [-0.4, -0.2) is 61.6 Å². The van der Waals surface area contributed by atoms with Crippen molar-refractivity contribution >= 4 is 29.9 Å². The number of nitrogens with zero attached hydrogens (tertiary/aromatic N) is 3. The van der Waals surface area contributed by atoms with Crippen LogP contribution in [-0.2, 0) is 6.54 Å². The first-order valence-electron chi connectivity index (χ1n) is 9.30. The van der Waals surface area contributed by atoms with Crippen LogP contribution in [0.1, 0.15) is 25.3 Å². The summed E-state index contributed by atoms with van der Waals surface area (Å²) in [4.78, 5) is 9.34. The summed E-state index contributed by atoms with van der Waals surface area (Å²) in [5.41, 5.74) is 8.24. The molecule has 0 radical (unpaired) electrons. The molecule has 0 aromatic heterocycles. The lowest BCUT2D eigenvalue weighted by molar-refractivity contribution is 0.126. The molecule has 1 aliphatic rings. The monoisotopic (exact) mass is 471 g/mol. The lowest BCUT2D eigenvalue weighted by atomic mass is 10.2. The molecule has 5 nitrogen and oxygen atoms in total. The summed E-state index contributed by atoms with van der Waals surface area (Å²) in [5, 5.41) is 3.17. The number of halogens is 1. The van der Waals surface area contributed by atoms with E-state index in [0.29, 0.717) is 12.5 Å². The highest BCUT2D eigenvalue weighted by molar-refractivity contribution is 14.0. The number of benzene rings is 1. The number of guanidine groups is 1. The highest BCUT2D eigenvalue weighted by Crippen LogP contribution is 2.08. The molecule has 6 heteroatoms. The molecule has 2 rings (SSSR count). The number of aliphatic imine (C=N–C) groups is 1. The maximum Gasteiger partial charge on any atom is 0.188 e. The molecule has 0 unspecified atom stereocenters. The summed E-state index contributed by atoms with van der Waals surface area (Å²) >= 11 is 0. The van der Waals surface area contributed by atoms with Crippen LogP contribution in [0.15, 0.2) is 47.5 Å². The molecule has 1 heterocycles. The second-order valence-electron chi connectivity index (χ2n) is 6.90. The molecule has 3 N–H and O–H groups in total. The number of hydrogen-bond donors (Lipinski definition) is 2. The third kappa shape index (κ3) is 9.54. The predicted molar refractivity (Wildman–Crippen MR) is 122 cm³/mol. The van der Waals surface area contributed by atoms with Crippen molar-refractivity contribution in [2.75, 3.05) is 45.8 Å². The maximum atomic E-state index is 5.81. The van der Waals surface area contributed by atoms with Gasteiger partial charge in [-0.1, -0.05) is 42.5 Å². The van der Waals surface area contributed by atoms with Gasteiger partial charge in [-0.05, 0) is 31.9 Å². The summed E-state index contributed by atoms with van der Waals surface area (Å²) in [6.07, 6.45) is 2.31. The van der Waals surface area contributed by atoms with E-state index in [1.165, 1.54) is 31.6 Å². The van der Waals surface area contributed by atoms with Gasteiger partial charge in [0.2, 0.25) is 0 Å². The van der Waals surface area contributed by atoms with E-state index in [0.717, 1.165) is 38.2 Å². The standard InChI is InChI=1S/C20H33N5.HI/c1-18(2)16-23-20(21)22-10-6-7-11-24-12-14-25(15-13-24)17-19-8-4-3-5-9-19;/h3-5,8-9H,1,6-7,10-17H2,2H3,(H3,21,22,23);1H. The number of nitrogens with two attached hydrogens (primary N) is 1. The molecule has 0 saturated carbocycles. The predicted octanol–water partition coefficient (Wildman–Crippen LogP) is 2.68. The van der Waals surface area contributed by atoms with Gasteiger partial charge < -0.3 is 16.0 Å². The zero-order chi connectivity index (χ0) is 17.9. The molecular weight excluding hydrogens is 437 g/mol. The Kier molecular flexibility index (Phi) is 11.6. The van der Waals surface area contributed by atoms with Gasteiger partial charge in [-0.3, -0.25) is 4.90 Å². The van der Waals surface area contributed by atoms with Crippen LogP contribution in [0.2, 0.25) is 0 Å². The summed E-state index contributed by atoms with van der Waals surface area (Å²) in [7, 11) is 0. The van der Waals surface area contributed by atoms with Crippen LogP contribution >= 0.6 is 24.0 Å². The molecule has 1 fully saturated rings. The van der Waals surface area contributed by atoms with E-state index in [-0.39, 0.29) is 24.0 Å². The van der Waals surface area contributed by atoms with Gasteiger partial charge in [0.15, 0.2) is 5.96 Å². The van der Waals surface area contributed by atoms with Crippen LogP contribution in [0.5, 0.6) is 0 Å². The van der Waals surface area contributed by atoms with Crippen LogP contribution in [0.4, 0.5) is 0 Å². The number of piperazine rings is 1. The Balaban J connectivity index is 0.00000338. The largest absolute Gasteiger partial charge is 0.370 e. The highest BCUT2D eigenvalue weighted by Gasteiger charge is 2.16. The number of unbranched alkanes of at least 4 members (excludes halogenated alkanes) is 1. The van der Waals surface area contributed by atoms with Crippen molar-refractivity contribution in [1.29, 1.82) is 0 Å². The molecule has 146 valence electrons. The van der Waals surface area contributed by atoms with Crippen molar-refractivity contribution in [3.05, 3.63) is 48.0 Å². The molecule has 1 aromatic carbocycles. The van der Waals surface area contributed by atoms with E-state index in [4.69, 9.17) is 5.73 Å². The van der Waals surface area contributed by atoms with Gasteiger partial charge in [0.25, 0.3) is 0 Å². The fourth-order valence-corrected chi connectivity index (χ4v) is 2.97. The molecule has 1 aromatic rings. The Hall–Kier alpha value is -1.12. The lowest BCUT2D eigenvalue weighted by Crippen LogP contribution is -2.46.